The molecule has 0 radical (unpaired) electrons. The van der Waals surface area contributed by atoms with E-state index in [4.69, 9.17) is 4.42 Å². The van der Waals surface area contributed by atoms with E-state index in [1.54, 1.807) is 6.26 Å². The van der Waals surface area contributed by atoms with Gasteiger partial charge in [-0.2, -0.15) is 11.8 Å². The van der Waals surface area contributed by atoms with Gasteiger partial charge in [0.1, 0.15) is 17.6 Å². The van der Waals surface area contributed by atoms with Crippen LogP contribution >= 0.6 is 11.8 Å². The number of hydrogen-bond donors (Lipinski definition) is 1. The Balaban J connectivity index is 2.06. The summed E-state index contributed by atoms with van der Waals surface area (Å²) in [6.45, 7) is 4.41. The van der Waals surface area contributed by atoms with Crippen molar-refractivity contribution in [2.24, 2.45) is 7.05 Å². The van der Waals surface area contributed by atoms with Crippen molar-refractivity contribution in [1.82, 2.24) is 14.9 Å². The van der Waals surface area contributed by atoms with Crippen LogP contribution in [0.4, 0.5) is 0 Å². The summed E-state index contributed by atoms with van der Waals surface area (Å²) >= 11 is 1.98. The minimum atomic E-state index is 0.00614. The second kappa shape index (κ2) is 7.55. The van der Waals surface area contributed by atoms with Crippen molar-refractivity contribution in [3.8, 4) is 0 Å². The largest absolute Gasteiger partial charge is 0.467 e. The van der Waals surface area contributed by atoms with Crippen LogP contribution in [0.15, 0.2) is 35.2 Å². The van der Waals surface area contributed by atoms with Gasteiger partial charge in [0.2, 0.25) is 0 Å². The first kappa shape index (κ1) is 15.2. The van der Waals surface area contributed by atoms with Gasteiger partial charge in [0, 0.05) is 25.5 Å². The summed E-state index contributed by atoms with van der Waals surface area (Å²) in [5.74, 6) is 4.24. The highest BCUT2D eigenvalue weighted by atomic mass is 32.2. The Morgan fingerprint density at radius 3 is 2.95 bits per heavy atom. The minimum Gasteiger partial charge on any atom is -0.467 e. The number of hydrogen-bond acceptors (Lipinski definition) is 4. The van der Waals surface area contributed by atoms with Crippen LogP contribution in [0.1, 0.15) is 37.9 Å². The Hall–Kier alpha value is -1.20. The van der Waals surface area contributed by atoms with Crippen LogP contribution in [0.3, 0.4) is 0 Å². The second-order valence-corrected chi connectivity index (χ2v) is 6.29. The van der Waals surface area contributed by atoms with E-state index >= 15 is 0 Å². The van der Waals surface area contributed by atoms with Gasteiger partial charge < -0.3 is 8.98 Å². The molecule has 110 valence electrons. The fraction of sp³-hybridized carbons (Fsp3) is 0.533. The predicted molar refractivity (Wildman–Crippen MR) is 84.0 cm³/mol. The number of nitrogens with zero attached hydrogens (tertiary/aromatic N) is 2. The van der Waals surface area contributed by atoms with Crippen LogP contribution in [0.25, 0.3) is 0 Å². The SMILES string of the molecule is CCSCCC(C)NC(c1ccco1)c1nccn1C. The monoisotopic (exact) mass is 293 g/mol. The molecule has 4 nitrogen and oxygen atoms in total. The molecular weight excluding hydrogens is 270 g/mol. The standard InChI is InChI=1S/C15H23N3OS/c1-4-20-11-7-12(2)17-14(13-6-5-10-19-13)15-16-8-9-18(15)3/h5-6,8-10,12,14,17H,4,7,11H2,1-3H3. The minimum absolute atomic E-state index is 0.00614. The smallest absolute Gasteiger partial charge is 0.133 e. The molecule has 20 heavy (non-hydrogen) atoms. The van der Waals surface area contributed by atoms with Crippen molar-refractivity contribution >= 4 is 11.8 Å². The number of nitrogens with one attached hydrogen (secondary N) is 1. The van der Waals surface area contributed by atoms with Crippen LogP contribution in [-0.4, -0.2) is 27.1 Å². The van der Waals surface area contributed by atoms with Crippen LogP contribution < -0.4 is 5.32 Å². The van der Waals surface area contributed by atoms with E-state index in [-0.39, 0.29) is 6.04 Å². The average molecular weight is 293 g/mol. The predicted octanol–water partition coefficient (Wildman–Crippen LogP) is 3.22. The first-order chi connectivity index (χ1) is 9.72. The summed E-state index contributed by atoms with van der Waals surface area (Å²) in [5, 5.41) is 3.63. The van der Waals surface area contributed by atoms with Gasteiger partial charge in [-0.3, -0.25) is 5.32 Å². The highest BCUT2D eigenvalue weighted by Crippen LogP contribution is 2.22. The summed E-state index contributed by atoms with van der Waals surface area (Å²) in [6.07, 6.45) is 6.64. The molecule has 0 aliphatic heterocycles. The Morgan fingerprint density at radius 2 is 2.35 bits per heavy atom. The Bertz CT molecular complexity index is 495. The second-order valence-electron chi connectivity index (χ2n) is 4.90. The van der Waals surface area contributed by atoms with Gasteiger partial charge in [-0.05, 0) is 37.0 Å². The first-order valence-corrected chi connectivity index (χ1v) is 8.22. The quantitative estimate of drug-likeness (QED) is 0.759. The van der Waals surface area contributed by atoms with Gasteiger partial charge in [0.15, 0.2) is 0 Å². The number of rotatable bonds is 8. The Morgan fingerprint density at radius 1 is 1.50 bits per heavy atom. The summed E-state index contributed by atoms with van der Waals surface area (Å²) in [7, 11) is 2.01. The van der Waals surface area contributed by atoms with Gasteiger partial charge >= 0.3 is 0 Å². The molecule has 2 unspecified atom stereocenters. The number of aryl methyl sites for hydroxylation is 1. The summed E-state index contributed by atoms with van der Waals surface area (Å²) in [4.78, 5) is 4.46. The van der Waals surface area contributed by atoms with Crippen LogP contribution in [0, 0.1) is 0 Å². The van der Waals surface area contributed by atoms with Crippen molar-refractivity contribution in [2.75, 3.05) is 11.5 Å². The molecule has 5 heteroatoms. The van der Waals surface area contributed by atoms with E-state index in [1.165, 1.54) is 11.5 Å². The van der Waals surface area contributed by atoms with E-state index < -0.39 is 0 Å². The molecular formula is C15H23N3OS. The number of thioether (sulfide) groups is 1. The molecule has 0 aliphatic rings. The fourth-order valence-electron chi connectivity index (χ4n) is 2.17. The lowest BCUT2D eigenvalue weighted by Gasteiger charge is -2.21. The van der Waals surface area contributed by atoms with Crippen molar-refractivity contribution in [3.05, 3.63) is 42.4 Å². The third-order valence-electron chi connectivity index (χ3n) is 3.29. The molecule has 2 rings (SSSR count). The van der Waals surface area contributed by atoms with Gasteiger partial charge in [-0.25, -0.2) is 4.98 Å². The summed E-state index contributed by atoms with van der Waals surface area (Å²) < 4.78 is 7.62. The lowest BCUT2D eigenvalue weighted by atomic mass is 10.1. The zero-order valence-corrected chi connectivity index (χ0v) is 13.2. The lowest BCUT2D eigenvalue weighted by molar-refractivity contribution is 0.395. The Kier molecular flexibility index (Phi) is 5.73. The van der Waals surface area contributed by atoms with Gasteiger partial charge in [0.05, 0.1) is 6.26 Å². The average Bonchev–Trinajstić information content (AvgIpc) is 3.08. The molecule has 0 saturated heterocycles. The molecule has 2 heterocycles. The Labute approximate surface area is 125 Å². The maximum Gasteiger partial charge on any atom is 0.133 e. The summed E-state index contributed by atoms with van der Waals surface area (Å²) in [5.41, 5.74) is 0. The van der Waals surface area contributed by atoms with Crippen LogP contribution in [-0.2, 0) is 7.05 Å². The van der Waals surface area contributed by atoms with Gasteiger partial charge in [-0.1, -0.05) is 6.92 Å². The van der Waals surface area contributed by atoms with Crippen molar-refractivity contribution in [2.45, 2.75) is 32.4 Å². The zero-order valence-electron chi connectivity index (χ0n) is 12.4. The molecule has 0 aromatic carbocycles. The van der Waals surface area contributed by atoms with Gasteiger partial charge in [-0.15, -0.1) is 0 Å². The molecule has 0 amide bonds. The van der Waals surface area contributed by atoms with Crippen molar-refractivity contribution in [1.29, 1.82) is 0 Å². The molecule has 2 aromatic rings. The fourth-order valence-corrected chi connectivity index (χ4v) is 2.98. The lowest BCUT2D eigenvalue weighted by Crippen LogP contribution is -2.33. The van der Waals surface area contributed by atoms with E-state index in [2.05, 4.69) is 24.1 Å². The maximum atomic E-state index is 5.58. The molecule has 0 spiro atoms. The molecule has 0 aliphatic carbocycles. The number of aromatic nitrogens is 2. The first-order valence-electron chi connectivity index (χ1n) is 7.06. The topological polar surface area (TPSA) is 43.0 Å². The maximum absolute atomic E-state index is 5.58. The number of furan rings is 1. The van der Waals surface area contributed by atoms with Crippen molar-refractivity contribution < 1.29 is 4.42 Å². The van der Waals surface area contributed by atoms with Gasteiger partial charge in [0.25, 0.3) is 0 Å². The molecule has 2 atom stereocenters. The van der Waals surface area contributed by atoms with Crippen LogP contribution in [0.5, 0.6) is 0 Å². The van der Waals surface area contributed by atoms with E-state index in [9.17, 15) is 0 Å². The molecule has 0 fully saturated rings. The van der Waals surface area contributed by atoms with E-state index in [0.717, 1.165) is 18.0 Å². The molecule has 2 aromatic heterocycles. The third kappa shape index (κ3) is 3.90. The normalized spacial score (nSPS) is 14.3. The highest BCUT2D eigenvalue weighted by Gasteiger charge is 2.22. The van der Waals surface area contributed by atoms with Crippen LogP contribution in [0.2, 0.25) is 0 Å². The molecule has 1 N–H and O–H groups in total. The summed E-state index contributed by atoms with van der Waals surface area (Å²) in [6, 6.07) is 4.34. The third-order valence-corrected chi connectivity index (χ3v) is 4.23. The van der Waals surface area contributed by atoms with E-state index in [1.807, 2.05) is 47.9 Å². The molecule has 0 saturated carbocycles. The van der Waals surface area contributed by atoms with Crippen molar-refractivity contribution in [3.63, 3.8) is 0 Å². The molecule has 0 bridgehead atoms. The number of imidazole rings is 1. The van der Waals surface area contributed by atoms with E-state index in [0.29, 0.717) is 6.04 Å². The highest BCUT2D eigenvalue weighted by molar-refractivity contribution is 7.99. The zero-order chi connectivity index (χ0) is 14.4.